The Morgan fingerprint density at radius 3 is 2.80 bits per heavy atom. The summed E-state index contributed by atoms with van der Waals surface area (Å²) in [4.78, 5) is 16.4. The van der Waals surface area contributed by atoms with Crippen molar-refractivity contribution in [2.75, 3.05) is 6.54 Å². The minimum Gasteiger partial charge on any atom is -0.386 e. The molecule has 1 heterocycles. The molecule has 7 heteroatoms. The monoisotopic (exact) mass is 341 g/mol. The SMILES string of the molecule is Cc1nc(-c2cccc(C(=O)NCC(O)c3ccccc3F)c2)no1. The number of aromatic nitrogens is 2. The minimum absolute atomic E-state index is 0.106. The van der Waals surface area contributed by atoms with E-state index in [1.165, 1.54) is 18.2 Å². The van der Waals surface area contributed by atoms with Gasteiger partial charge in [-0.25, -0.2) is 4.39 Å². The number of hydrogen-bond donors (Lipinski definition) is 2. The van der Waals surface area contributed by atoms with Gasteiger partial charge in [0.15, 0.2) is 0 Å². The molecule has 1 unspecified atom stereocenters. The molecule has 25 heavy (non-hydrogen) atoms. The van der Waals surface area contributed by atoms with E-state index in [-0.39, 0.29) is 12.1 Å². The highest BCUT2D eigenvalue weighted by Crippen LogP contribution is 2.18. The predicted octanol–water partition coefficient (Wildman–Crippen LogP) is 2.65. The van der Waals surface area contributed by atoms with E-state index in [1.54, 1.807) is 37.3 Å². The Bertz CT molecular complexity index is 895. The number of halogens is 1. The van der Waals surface area contributed by atoms with Crippen LogP contribution < -0.4 is 5.32 Å². The van der Waals surface area contributed by atoms with Crippen LogP contribution in [0.3, 0.4) is 0 Å². The van der Waals surface area contributed by atoms with Gasteiger partial charge in [-0.2, -0.15) is 4.98 Å². The highest BCUT2D eigenvalue weighted by Gasteiger charge is 2.15. The number of carbonyl (C=O) groups is 1. The summed E-state index contributed by atoms with van der Waals surface area (Å²) in [6.45, 7) is 1.57. The highest BCUT2D eigenvalue weighted by molar-refractivity contribution is 5.95. The van der Waals surface area contributed by atoms with Crippen molar-refractivity contribution in [3.05, 3.63) is 71.4 Å². The largest absolute Gasteiger partial charge is 0.386 e. The third kappa shape index (κ3) is 3.89. The average molecular weight is 341 g/mol. The number of rotatable bonds is 5. The van der Waals surface area contributed by atoms with Gasteiger partial charge in [-0.05, 0) is 18.2 Å². The Labute approximate surface area is 143 Å². The van der Waals surface area contributed by atoms with Crippen molar-refractivity contribution < 1.29 is 18.8 Å². The maximum atomic E-state index is 13.6. The first-order valence-electron chi connectivity index (χ1n) is 7.66. The van der Waals surface area contributed by atoms with Gasteiger partial charge in [0.25, 0.3) is 5.91 Å². The van der Waals surface area contributed by atoms with Gasteiger partial charge in [0.2, 0.25) is 11.7 Å². The Balaban J connectivity index is 1.68. The fraction of sp³-hybridized carbons (Fsp3) is 0.167. The first kappa shape index (κ1) is 16.8. The summed E-state index contributed by atoms with van der Waals surface area (Å²) in [5.74, 6) is -0.0902. The first-order chi connectivity index (χ1) is 12.0. The standard InChI is InChI=1S/C18H16FN3O3/c1-11-21-17(22-25-11)12-5-4-6-13(9-12)18(24)20-10-16(23)14-7-2-3-8-15(14)19/h2-9,16,23H,10H2,1H3,(H,20,24). The normalized spacial score (nSPS) is 12.0. The molecule has 0 spiro atoms. The number of nitrogens with zero attached hydrogens (tertiary/aromatic N) is 2. The third-order valence-corrected chi connectivity index (χ3v) is 3.63. The lowest BCUT2D eigenvalue weighted by molar-refractivity contribution is 0.0914. The van der Waals surface area contributed by atoms with Crippen LogP contribution in [-0.4, -0.2) is 27.7 Å². The zero-order valence-electron chi connectivity index (χ0n) is 13.4. The molecule has 0 bridgehead atoms. The molecule has 1 atom stereocenters. The van der Waals surface area contributed by atoms with Crippen LogP contribution in [0.25, 0.3) is 11.4 Å². The molecule has 2 N–H and O–H groups in total. The molecule has 0 aliphatic heterocycles. The molecule has 3 aromatic rings. The van der Waals surface area contributed by atoms with Crippen LogP contribution >= 0.6 is 0 Å². The van der Waals surface area contributed by atoms with Gasteiger partial charge in [-0.1, -0.05) is 35.5 Å². The van der Waals surface area contributed by atoms with Crippen molar-refractivity contribution in [2.24, 2.45) is 0 Å². The Kier molecular flexibility index (Phi) is 4.85. The van der Waals surface area contributed by atoms with Crippen LogP contribution in [-0.2, 0) is 0 Å². The molecule has 0 aliphatic carbocycles. The van der Waals surface area contributed by atoms with E-state index in [2.05, 4.69) is 15.5 Å². The summed E-state index contributed by atoms with van der Waals surface area (Å²) >= 11 is 0. The summed E-state index contributed by atoms with van der Waals surface area (Å²) in [5, 5.41) is 16.4. The lowest BCUT2D eigenvalue weighted by Crippen LogP contribution is -2.28. The molecule has 6 nitrogen and oxygen atoms in total. The quantitative estimate of drug-likeness (QED) is 0.745. The van der Waals surface area contributed by atoms with Gasteiger partial charge < -0.3 is 14.9 Å². The van der Waals surface area contributed by atoms with Crippen LogP contribution in [0.15, 0.2) is 53.1 Å². The molecule has 0 fully saturated rings. The van der Waals surface area contributed by atoms with E-state index in [0.29, 0.717) is 22.8 Å². The lowest BCUT2D eigenvalue weighted by Gasteiger charge is -2.13. The maximum absolute atomic E-state index is 13.6. The van der Waals surface area contributed by atoms with Crippen LogP contribution in [0.4, 0.5) is 4.39 Å². The summed E-state index contributed by atoms with van der Waals surface area (Å²) in [6, 6.07) is 12.6. The van der Waals surface area contributed by atoms with Crippen LogP contribution in [0.5, 0.6) is 0 Å². The van der Waals surface area contributed by atoms with Crippen molar-refractivity contribution in [1.29, 1.82) is 0 Å². The lowest BCUT2D eigenvalue weighted by atomic mass is 10.1. The van der Waals surface area contributed by atoms with Crippen molar-refractivity contribution in [3.8, 4) is 11.4 Å². The smallest absolute Gasteiger partial charge is 0.251 e. The van der Waals surface area contributed by atoms with E-state index in [1.807, 2.05) is 0 Å². The first-order valence-corrected chi connectivity index (χ1v) is 7.66. The number of amides is 1. The van der Waals surface area contributed by atoms with Gasteiger partial charge in [-0.3, -0.25) is 4.79 Å². The minimum atomic E-state index is -1.13. The predicted molar refractivity (Wildman–Crippen MR) is 88.2 cm³/mol. The van der Waals surface area contributed by atoms with Gasteiger partial charge in [0.1, 0.15) is 5.82 Å². The number of aliphatic hydroxyl groups excluding tert-OH is 1. The number of aryl methyl sites for hydroxylation is 1. The van der Waals surface area contributed by atoms with E-state index in [0.717, 1.165) is 0 Å². The topological polar surface area (TPSA) is 88.2 Å². The van der Waals surface area contributed by atoms with Crippen LogP contribution in [0.1, 0.15) is 27.9 Å². The molecule has 0 radical (unpaired) electrons. The average Bonchev–Trinajstić information content (AvgIpc) is 3.06. The number of nitrogens with one attached hydrogen (secondary N) is 1. The number of carbonyl (C=O) groups excluding carboxylic acids is 1. The van der Waals surface area contributed by atoms with E-state index >= 15 is 0 Å². The molecule has 2 aromatic carbocycles. The number of hydrogen-bond acceptors (Lipinski definition) is 5. The zero-order chi connectivity index (χ0) is 17.8. The second kappa shape index (κ2) is 7.23. The fourth-order valence-electron chi connectivity index (χ4n) is 2.36. The Morgan fingerprint density at radius 2 is 2.08 bits per heavy atom. The second-order valence-electron chi connectivity index (χ2n) is 5.47. The molecule has 0 saturated carbocycles. The summed E-state index contributed by atoms with van der Waals surface area (Å²) < 4.78 is 18.6. The van der Waals surface area contributed by atoms with E-state index < -0.39 is 17.8 Å². The van der Waals surface area contributed by atoms with Crippen molar-refractivity contribution in [3.63, 3.8) is 0 Å². The van der Waals surface area contributed by atoms with Gasteiger partial charge in [0, 0.05) is 30.2 Å². The molecule has 1 aromatic heterocycles. The summed E-state index contributed by atoms with van der Waals surface area (Å²) in [7, 11) is 0. The Hall–Kier alpha value is -3.06. The Morgan fingerprint density at radius 1 is 1.28 bits per heavy atom. The van der Waals surface area contributed by atoms with Crippen LogP contribution in [0, 0.1) is 12.7 Å². The molecule has 3 rings (SSSR count). The molecule has 128 valence electrons. The summed E-state index contributed by atoms with van der Waals surface area (Å²) in [6.07, 6.45) is -1.13. The van der Waals surface area contributed by atoms with Gasteiger partial charge in [-0.15, -0.1) is 0 Å². The van der Waals surface area contributed by atoms with Crippen molar-refractivity contribution in [2.45, 2.75) is 13.0 Å². The molecule has 0 aliphatic rings. The molecule has 1 amide bonds. The molecular formula is C18H16FN3O3. The fourth-order valence-corrected chi connectivity index (χ4v) is 2.36. The maximum Gasteiger partial charge on any atom is 0.251 e. The number of benzene rings is 2. The van der Waals surface area contributed by atoms with E-state index in [9.17, 15) is 14.3 Å². The van der Waals surface area contributed by atoms with E-state index in [4.69, 9.17) is 4.52 Å². The molecule has 0 saturated heterocycles. The van der Waals surface area contributed by atoms with Crippen molar-refractivity contribution >= 4 is 5.91 Å². The zero-order valence-corrected chi connectivity index (χ0v) is 13.4. The second-order valence-corrected chi connectivity index (χ2v) is 5.47. The number of aliphatic hydroxyl groups is 1. The van der Waals surface area contributed by atoms with Gasteiger partial charge >= 0.3 is 0 Å². The summed E-state index contributed by atoms with van der Waals surface area (Å²) in [5.41, 5.74) is 1.15. The molecular weight excluding hydrogens is 325 g/mol. The van der Waals surface area contributed by atoms with Crippen LogP contribution in [0.2, 0.25) is 0 Å². The third-order valence-electron chi connectivity index (χ3n) is 3.63. The van der Waals surface area contributed by atoms with Crippen molar-refractivity contribution in [1.82, 2.24) is 15.5 Å². The highest BCUT2D eigenvalue weighted by atomic mass is 19.1. The van der Waals surface area contributed by atoms with Gasteiger partial charge in [0.05, 0.1) is 6.10 Å².